The molecule has 5 rings (SSSR count). The molecule has 0 aliphatic heterocycles. The van der Waals surface area contributed by atoms with Crippen LogP contribution >= 0.6 is 0 Å². The number of hydrogen-bond donors (Lipinski definition) is 1. The normalized spacial score (nSPS) is 22.7. The summed E-state index contributed by atoms with van der Waals surface area (Å²) < 4.78 is 25.2. The molecular weight excluding hydrogens is 504 g/mol. The van der Waals surface area contributed by atoms with Crippen LogP contribution in [-0.2, 0) is 50.2 Å². The van der Waals surface area contributed by atoms with Gasteiger partial charge >= 0.3 is 0 Å². The molecule has 1 N–H and O–H groups in total. The summed E-state index contributed by atoms with van der Waals surface area (Å²) in [6.07, 6.45) is -5.03. The third-order valence-electron chi connectivity index (χ3n) is 6.96. The van der Waals surface area contributed by atoms with Gasteiger partial charge in [0.15, 0.2) is 5.78 Å². The highest BCUT2D eigenvalue weighted by atomic mass is 16.6. The Morgan fingerprint density at radius 3 is 1.18 bits per heavy atom. The van der Waals surface area contributed by atoms with Gasteiger partial charge in [0.1, 0.15) is 30.5 Å². The van der Waals surface area contributed by atoms with E-state index < -0.39 is 36.3 Å². The topological polar surface area (TPSA) is 74.2 Å². The quantitative estimate of drug-likeness (QED) is 0.265. The highest BCUT2D eigenvalue weighted by molar-refractivity contribution is 5.89. The molecule has 4 aromatic carbocycles. The number of benzene rings is 4. The molecule has 4 aromatic rings. The molecule has 0 heterocycles. The maximum atomic E-state index is 13.6. The first-order valence-electron chi connectivity index (χ1n) is 13.5. The zero-order chi connectivity index (χ0) is 27.6. The summed E-state index contributed by atoms with van der Waals surface area (Å²) in [6.45, 7) is 0.906. The zero-order valence-corrected chi connectivity index (χ0v) is 22.3. The van der Waals surface area contributed by atoms with Crippen molar-refractivity contribution >= 4 is 5.78 Å². The van der Waals surface area contributed by atoms with Crippen molar-refractivity contribution < 1.29 is 28.8 Å². The van der Waals surface area contributed by atoms with Crippen LogP contribution in [0.4, 0.5) is 0 Å². The molecule has 0 spiro atoms. The van der Waals surface area contributed by atoms with Gasteiger partial charge in [0.25, 0.3) is 0 Å². The van der Waals surface area contributed by atoms with Gasteiger partial charge in [-0.25, -0.2) is 0 Å². The van der Waals surface area contributed by atoms with Crippen LogP contribution in [-0.4, -0.2) is 41.4 Å². The number of carbonyl (C=O) groups excluding carboxylic acids is 1. The lowest BCUT2D eigenvalue weighted by Crippen LogP contribution is -2.64. The molecule has 40 heavy (non-hydrogen) atoms. The van der Waals surface area contributed by atoms with Gasteiger partial charge in [-0.15, -0.1) is 0 Å². The van der Waals surface area contributed by atoms with Crippen LogP contribution in [0.25, 0.3) is 0 Å². The Morgan fingerprint density at radius 1 is 0.450 bits per heavy atom. The number of Topliss-reactive ketones (excluding diaryl/α,β-unsaturated/α-hetero) is 1. The smallest absolute Gasteiger partial charge is 0.195 e. The Labute approximate surface area is 235 Å². The zero-order valence-electron chi connectivity index (χ0n) is 22.3. The van der Waals surface area contributed by atoms with E-state index in [0.717, 1.165) is 22.3 Å². The molecule has 0 unspecified atom stereocenters. The van der Waals surface area contributed by atoms with Crippen molar-refractivity contribution in [3.05, 3.63) is 144 Å². The summed E-state index contributed by atoms with van der Waals surface area (Å²) in [6, 6.07) is 38.7. The molecule has 6 heteroatoms. The minimum Gasteiger partial charge on any atom is -0.382 e. The van der Waals surface area contributed by atoms with E-state index in [9.17, 15) is 9.90 Å². The van der Waals surface area contributed by atoms with Crippen molar-refractivity contribution in [3.8, 4) is 0 Å². The SMILES string of the molecule is O=C1[C@@H](O)[C@H](OCc2ccccc2)[C@@H](OCc2ccccc2)[C@H](OCc2ccccc2)[C@@H]1OCc1ccccc1. The van der Waals surface area contributed by atoms with E-state index in [1.54, 1.807) is 0 Å². The summed E-state index contributed by atoms with van der Waals surface area (Å²) in [5.74, 6) is -0.480. The first-order chi connectivity index (χ1) is 19.7. The predicted molar refractivity (Wildman–Crippen MR) is 151 cm³/mol. The third-order valence-corrected chi connectivity index (χ3v) is 6.96. The molecule has 1 aliphatic carbocycles. The maximum Gasteiger partial charge on any atom is 0.195 e. The fourth-order valence-corrected chi connectivity index (χ4v) is 4.83. The van der Waals surface area contributed by atoms with Crippen molar-refractivity contribution in [1.29, 1.82) is 0 Å². The fourth-order valence-electron chi connectivity index (χ4n) is 4.83. The average Bonchev–Trinajstić information content (AvgIpc) is 3.01. The number of ketones is 1. The van der Waals surface area contributed by atoms with Crippen LogP contribution in [0.3, 0.4) is 0 Å². The predicted octanol–water partition coefficient (Wildman–Crippen LogP) is 5.27. The molecule has 1 saturated carbocycles. The van der Waals surface area contributed by atoms with Crippen molar-refractivity contribution in [2.75, 3.05) is 0 Å². The van der Waals surface area contributed by atoms with Gasteiger partial charge < -0.3 is 24.1 Å². The second-order valence-corrected chi connectivity index (χ2v) is 9.85. The molecule has 0 amide bonds. The van der Waals surface area contributed by atoms with Gasteiger partial charge in [-0.1, -0.05) is 121 Å². The van der Waals surface area contributed by atoms with Gasteiger partial charge in [-0.05, 0) is 22.3 Å². The summed E-state index contributed by atoms with van der Waals surface area (Å²) in [4.78, 5) is 13.6. The molecule has 6 nitrogen and oxygen atoms in total. The molecule has 0 saturated heterocycles. The molecule has 0 radical (unpaired) electrons. The summed E-state index contributed by atoms with van der Waals surface area (Å²) >= 11 is 0. The minimum atomic E-state index is -1.44. The minimum absolute atomic E-state index is 0.191. The molecule has 0 bridgehead atoms. The van der Waals surface area contributed by atoms with E-state index in [1.165, 1.54) is 0 Å². The van der Waals surface area contributed by atoms with Crippen molar-refractivity contribution in [2.45, 2.75) is 56.9 Å². The van der Waals surface area contributed by atoms with Crippen LogP contribution in [0, 0.1) is 0 Å². The first-order valence-corrected chi connectivity index (χ1v) is 13.5. The van der Waals surface area contributed by atoms with Crippen molar-refractivity contribution in [1.82, 2.24) is 0 Å². The van der Waals surface area contributed by atoms with Gasteiger partial charge in [0.2, 0.25) is 0 Å². The second kappa shape index (κ2) is 14.1. The third kappa shape index (κ3) is 7.30. The standard InChI is InChI=1S/C34H34O6/c35-29-30(36)32(38-22-26-15-7-2-8-16-26)34(40-24-28-19-11-4-12-20-28)33(39-23-27-17-9-3-10-18-27)31(29)37-21-25-13-5-1-6-14-25/h1-20,29,31-35H,21-24H2/t29-,31+,32-,33-,34-/m1/s1. The van der Waals surface area contributed by atoms with E-state index in [2.05, 4.69) is 0 Å². The van der Waals surface area contributed by atoms with Crippen molar-refractivity contribution in [2.24, 2.45) is 0 Å². The second-order valence-electron chi connectivity index (χ2n) is 9.85. The summed E-state index contributed by atoms with van der Waals surface area (Å²) in [7, 11) is 0. The Bertz CT molecular complexity index is 1300. The van der Waals surface area contributed by atoms with E-state index in [1.807, 2.05) is 121 Å². The number of aliphatic hydroxyl groups is 1. The van der Waals surface area contributed by atoms with Gasteiger partial charge in [-0.2, -0.15) is 0 Å². The highest BCUT2D eigenvalue weighted by Gasteiger charge is 2.52. The monoisotopic (exact) mass is 538 g/mol. The van der Waals surface area contributed by atoms with E-state index >= 15 is 0 Å². The van der Waals surface area contributed by atoms with Crippen LogP contribution in [0.5, 0.6) is 0 Å². The van der Waals surface area contributed by atoms with E-state index in [-0.39, 0.29) is 26.4 Å². The highest BCUT2D eigenvalue weighted by Crippen LogP contribution is 2.30. The molecule has 1 aliphatic rings. The largest absolute Gasteiger partial charge is 0.382 e. The average molecular weight is 539 g/mol. The lowest BCUT2D eigenvalue weighted by Gasteiger charge is -2.43. The Kier molecular flexibility index (Phi) is 9.85. The summed E-state index contributed by atoms with van der Waals surface area (Å²) in [5, 5.41) is 11.3. The molecular formula is C34H34O6. The lowest BCUT2D eigenvalue weighted by atomic mass is 9.85. The number of rotatable bonds is 12. The van der Waals surface area contributed by atoms with E-state index in [4.69, 9.17) is 18.9 Å². The van der Waals surface area contributed by atoms with E-state index in [0.29, 0.717) is 0 Å². The number of ether oxygens (including phenoxy) is 4. The molecule has 206 valence electrons. The maximum absolute atomic E-state index is 13.6. The lowest BCUT2D eigenvalue weighted by molar-refractivity contribution is -0.231. The molecule has 1 fully saturated rings. The Morgan fingerprint density at radius 2 is 0.775 bits per heavy atom. The van der Waals surface area contributed by atoms with Crippen LogP contribution in [0.15, 0.2) is 121 Å². The Balaban J connectivity index is 1.43. The van der Waals surface area contributed by atoms with Gasteiger partial charge in [-0.3, -0.25) is 4.79 Å². The first kappa shape index (κ1) is 27.9. The Hall–Kier alpha value is -3.65. The van der Waals surface area contributed by atoms with Crippen LogP contribution in [0.2, 0.25) is 0 Å². The van der Waals surface area contributed by atoms with Crippen molar-refractivity contribution in [3.63, 3.8) is 0 Å². The number of carbonyl (C=O) groups is 1. The summed E-state index contributed by atoms with van der Waals surface area (Å²) in [5.41, 5.74) is 3.75. The van der Waals surface area contributed by atoms with Gasteiger partial charge in [0, 0.05) is 0 Å². The fraction of sp³-hybridized carbons (Fsp3) is 0.265. The molecule has 5 atom stereocenters. The number of aliphatic hydroxyl groups excluding tert-OH is 1. The van der Waals surface area contributed by atoms with Gasteiger partial charge in [0.05, 0.1) is 26.4 Å². The molecule has 0 aromatic heterocycles. The van der Waals surface area contributed by atoms with Crippen LogP contribution in [0.1, 0.15) is 22.3 Å². The number of hydrogen-bond acceptors (Lipinski definition) is 6. The van der Waals surface area contributed by atoms with Crippen LogP contribution < -0.4 is 0 Å².